The normalized spacial score (nSPS) is 13.0. The summed E-state index contributed by atoms with van der Waals surface area (Å²) in [6, 6.07) is 13.9. The fourth-order valence-corrected chi connectivity index (χ4v) is 6.88. The lowest BCUT2D eigenvalue weighted by Crippen LogP contribution is -2.37. The molecule has 0 saturated heterocycles. The number of hydrogen-bond donors (Lipinski definition) is 0. The second-order valence-electron chi connectivity index (χ2n) is 6.74. The van der Waals surface area contributed by atoms with E-state index < -0.39 is 8.32 Å². The number of benzene rings is 1. The molecular formula is C21H29Cl2NOSi. The summed E-state index contributed by atoms with van der Waals surface area (Å²) in [6.45, 7) is 6.74. The molecule has 26 heavy (non-hydrogen) atoms. The van der Waals surface area contributed by atoms with E-state index in [0.29, 0.717) is 10.0 Å². The van der Waals surface area contributed by atoms with Crippen molar-refractivity contribution in [1.82, 2.24) is 4.98 Å². The Hall–Kier alpha value is -0.873. The van der Waals surface area contributed by atoms with Gasteiger partial charge in [0.2, 0.25) is 0 Å². The highest BCUT2D eigenvalue weighted by Gasteiger charge is 2.33. The molecule has 0 saturated carbocycles. The summed E-state index contributed by atoms with van der Waals surface area (Å²) in [5.41, 5.74) is 2.26. The lowest BCUT2D eigenvalue weighted by Gasteiger charge is -2.34. The van der Waals surface area contributed by atoms with Crippen LogP contribution in [-0.4, -0.2) is 13.3 Å². The average molecular weight is 410 g/mol. The van der Waals surface area contributed by atoms with Crippen LogP contribution in [0, 0.1) is 0 Å². The minimum absolute atomic E-state index is 0.0618. The molecular weight excluding hydrogens is 381 g/mol. The maximum Gasteiger partial charge on any atom is 0.192 e. The van der Waals surface area contributed by atoms with E-state index in [1.807, 2.05) is 0 Å². The highest BCUT2D eigenvalue weighted by molar-refractivity contribution is 6.73. The molecule has 0 amide bonds. The third kappa shape index (κ3) is 5.56. The molecule has 1 aromatic heterocycles. The number of aryl methyl sites for hydroxylation is 1. The van der Waals surface area contributed by atoms with Crippen molar-refractivity contribution >= 4 is 31.5 Å². The van der Waals surface area contributed by atoms with Crippen LogP contribution in [0.2, 0.25) is 28.2 Å². The number of aromatic nitrogens is 1. The van der Waals surface area contributed by atoms with E-state index in [0.717, 1.165) is 43.0 Å². The van der Waals surface area contributed by atoms with Crippen LogP contribution < -0.4 is 0 Å². The van der Waals surface area contributed by atoms with Crippen LogP contribution in [0.15, 0.2) is 42.7 Å². The van der Waals surface area contributed by atoms with Crippen molar-refractivity contribution in [2.75, 3.05) is 0 Å². The molecule has 0 aliphatic heterocycles. The van der Waals surface area contributed by atoms with Crippen molar-refractivity contribution in [3.05, 3.63) is 63.9 Å². The molecule has 0 fully saturated rings. The number of pyridine rings is 1. The first kappa shape index (κ1) is 21.4. The Morgan fingerprint density at radius 2 is 1.54 bits per heavy atom. The number of nitrogens with zero attached hydrogens (tertiary/aromatic N) is 1. The van der Waals surface area contributed by atoms with Crippen LogP contribution in [0.1, 0.15) is 50.8 Å². The van der Waals surface area contributed by atoms with Crippen molar-refractivity contribution in [1.29, 1.82) is 0 Å². The highest BCUT2D eigenvalue weighted by atomic mass is 35.5. The van der Waals surface area contributed by atoms with Gasteiger partial charge in [0, 0.05) is 18.0 Å². The lowest BCUT2D eigenvalue weighted by molar-refractivity contribution is 0.176. The van der Waals surface area contributed by atoms with Gasteiger partial charge in [0.15, 0.2) is 8.32 Å². The Labute approximate surface area is 169 Å². The van der Waals surface area contributed by atoms with Crippen LogP contribution in [-0.2, 0) is 10.8 Å². The average Bonchev–Trinajstić information content (AvgIpc) is 2.66. The van der Waals surface area contributed by atoms with Crippen molar-refractivity contribution in [3.8, 4) is 0 Å². The maximum atomic E-state index is 6.81. The molecule has 0 aliphatic rings. The Bertz CT molecular complexity index is 648. The van der Waals surface area contributed by atoms with Gasteiger partial charge in [-0.25, -0.2) is 0 Å². The first-order chi connectivity index (χ1) is 12.5. The lowest BCUT2D eigenvalue weighted by atomic mass is 10.0. The summed E-state index contributed by atoms with van der Waals surface area (Å²) >= 11 is 12.9. The predicted molar refractivity (Wildman–Crippen MR) is 115 cm³/mol. The van der Waals surface area contributed by atoms with E-state index in [-0.39, 0.29) is 6.10 Å². The summed E-state index contributed by atoms with van der Waals surface area (Å²) in [7, 11) is -1.78. The first-order valence-corrected chi connectivity index (χ1v) is 12.8. The summed E-state index contributed by atoms with van der Waals surface area (Å²) in [5.74, 6) is 0. The van der Waals surface area contributed by atoms with Gasteiger partial charge in [-0.2, -0.15) is 0 Å². The fraction of sp³-hybridized carbons (Fsp3) is 0.476. The van der Waals surface area contributed by atoms with Crippen molar-refractivity contribution in [3.63, 3.8) is 0 Å². The molecule has 1 aromatic carbocycles. The zero-order valence-electron chi connectivity index (χ0n) is 16.0. The number of rotatable bonds is 10. The van der Waals surface area contributed by atoms with Crippen molar-refractivity contribution < 1.29 is 4.43 Å². The van der Waals surface area contributed by atoms with E-state index in [1.54, 1.807) is 12.4 Å². The van der Waals surface area contributed by atoms with Crippen molar-refractivity contribution in [2.24, 2.45) is 0 Å². The quantitative estimate of drug-likeness (QED) is 0.379. The Balaban J connectivity index is 2.21. The van der Waals surface area contributed by atoms with Gasteiger partial charge in [-0.15, -0.1) is 0 Å². The molecule has 2 aromatic rings. The van der Waals surface area contributed by atoms with E-state index in [2.05, 4.69) is 56.1 Å². The molecule has 2 nitrogen and oxygen atoms in total. The third-order valence-electron chi connectivity index (χ3n) is 5.31. The molecule has 1 unspecified atom stereocenters. The van der Waals surface area contributed by atoms with Gasteiger partial charge in [-0.3, -0.25) is 4.98 Å². The zero-order valence-corrected chi connectivity index (χ0v) is 18.5. The Kier molecular flexibility index (Phi) is 8.62. The minimum Gasteiger partial charge on any atom is -0.410 e. The van der Waals surface area contributed by atoms with Crippen LogP contribution in [0.3, 0.4) is 0 Å². The monoisotopic (exact) mass is 409 g/mol. The number of halogens is 2. The van der Waals surface area contributed by atoms with Crippen LogP contribution in [0.5, 0.6) is 0 Å². The van der Waals surface area contributed by atoms with Crippen molar-refractivity contribution in [2.45, 2.75) is 64.3 Å². The zero-order chi connectivity index (χ0) is 19.0. The maximum absolute atomic E-state index is 6.81. The SMILES string of the molecule is CC[Si](CC)(CC)OC(CCCc1ccccc1)c1c(Cl)cncc1Cl. The molecule has 0 radical (unpaired) electrons. The van der Waals surface area contributed by atoms with Gasteiger partial charge in [-0.05, 0) is 43.0 Å². The fourth-order valence-electron chi connectivity index (χ4n) is 3.43. The second kappa shape index (κ2) is 10.5. The molecule has 0 aliphatic carbocycles. The molecule has 142 valence electrons. The van der Waals surface area contributed by atoms with Crippen LogP contribution in [0.25, 0.3) is 0 Å². The molecule has 1 heterocycles. The van der Waals surface area contributed by atoms with E-state index in [1.165, 1.54) is 5.56 Å². The van der Waals surface area contributed by atoms with Gasteiger partial charge in [-0.1, -0.05) is 74.3 Å². The van der Waals surface area contributed by atoms with Gasteiger partial charge in [0.05, 0.1) is 16.1 Å². The van der Waals surface area contributed by atoms with Crippen LogP contribution >= 0.6 is 23.2 Å². The molecule has 2 rings (SSSR count). The van der Waals surface area contributed by atoms with Gasteiger partial charge >= 0.3 is 0 Å². The van der Waals surface area contributed by atoms with Crippen LogP contribution in [0.4, 0.5) is 0 Å². The molecule has 0 spiro atoms. The predicted octanol–water partition coefficient (Wildman–Crippen LogP) is 7.47. The Morgan fingerprint density at radius 1 is 0.962 bits per heavy atom. The summed E-state index contributed by atoms with van der Waals surface area (Å²) < 4.78 is 6.81. The molecule has 0 bridgehead atoms. The second-order valence-corrected chi connectivity index (χ2v) is 12.3. The highest BCUT2D eigenvalue weighted by Crippen LogP contribution is 2.38. The topological polar surface area (TPSA) is 22.1 Å². The van der Waals surface area contributed by atoms with Gasteiger partial charge in [0.1, 0.15) is 0 Å². The summed E-state index contributed by atoms with van der Waals surface area (Å²) in [5, 5.41) is 1.21. The first-order valence-electron chi connectivity index (χ1n) is 9.55. The smallest absolute Gasteiger partial charge is 0.192 e. The van der Waals surface area contributed by atoms with Gasteiger partial charge in [0.25, 0.3) is 0 Å². The van der Waals surface area contributed by atoms with Gasteiger partial charge < -0.3 is 4.43 Å². The summed E-state index contributed by atoms with van der Waals surface area (Å²) in [4.78, 5) is 4.10. The largest absolute Gasteiger partial charge is 0.410 e. The molecule has 5 heteroatoms. The van der Waals surface area contributed by atoms with E-state index in [4.69, 9.17) is 27.6 Å². The Morgan fingerprint density at radius 3 is 2.08 bits per heavy atom. The summed E-state index contributed by atoms with van der Waals surface area (Å²) in [6.07, 6.45) is 6.25. The molecule has 1 atom stereocenters. The van der Waals surface area contributed by atoms with E-state index in [9.17, 15) is 0 Å². The minimum atomic E-state index is -1.78. The third-order valence-corrected chi connectivity index (χ3v) is 10.6. The standard InChI is InChI=1S/C21H29Cl2NOSi/c1-4-26(5-2,6-3)25-20(21-18(22)15-24-16-19(21)23)14-10-13-17-11-8-7-9-12-17/h7-9,11-12,15-16,20H,4-6,10,13-14H2,1-3H3. The number of hydrogen-bond acceptors (Lipinski definition) is 2. The molecule has 0 N–H and O–H groups in total. The van der Waals surface area contributed by atoms with E-state index >= 15 is 0 Å².